The van der Waals surface area contributed by atoms with Gasteiger partial charge >= 0.3 is 5.97 Å². The highest BCUT2D eigenvalue weighted by Crippen LogP contribution is 2.34. The third kappa shape index (κ3) is 4.83. The van der Waals surface area contributed by atoms with Crippen molar-refractivity contribution in [1.29, 1.82) is 0 Å². The fraction of sp³-hybridized carbons (Fsp3) is 0.222. The van der Waals surface area contributed by atoms with Crippen LogP contribution in [0.4, 0.5) is 5.69 Å². The first-order chi connectivity index (χ1) is 11.0. The van der Waals surface area contributed by atoms with Gasteiger partial charge in [-0.05, 0) is 23.6 Å². The number of nitrogens with one attached hydrogen (secondary N) is 1. The van der Waals surface area contributed by atoms with Crippen LogP contribution in [-0.2, 0) is 9.59 Å². The van der Waals surface area contributed by atoms with Gasteiger partial charge in [0.1, 0.15) is 0 Å². The van der Waals surface area contributed by atoms with Gasteiger partial charge in [-0.15, -0.1) is 11.6 Å². The number of hydrogen-bond acceptors (Lipinski definition) is 2. The summed E-state index contributed by atoms with van der Waals surface area (Å²) < 4.78 is 0. The number of carboxylic acid groups (broad SMARTS) is 1. The number of aliphatic carboxylic acids is 1. The van der Waals surface area contributed by atoms with Crippen LogP contribution in [0, 0.1) is 0 Å². The first-order valence-electron chi connectivity index (χ1n) is 7.30. The zero-order chi connectivity index (χ0) is 16.8. The molecule has 0 heterocycles. The molecule has 120 valence electrons. The molecular formula is C18H18ClNO3. The van der Waals surface area contributed by atoms with Gasteiger partial charge in [0.15, 0.2) is 0 Å². The zero-order valence-corrected chi connectivity index (χ0v) is 13.5. The number of alkyl halides is 1. The van der Waals surface area contributed by atoms with E-state index in [2.05, 4.69) is 5.32 Å². The first-order valence-corrected chi connectivity index (χ1v) is 7.74. The maximum absolute atomic E-state index is 11.5. The van der Waals surface area contributed by atoms with E-state index in [9.17, 15) is 9.59 Å². The average Bonchev–Trinajstić information content (AvgIpc) is 2.52. The van der Waals surface area contributed by atoms with Gasteiger partial charge in [-0.2, -0.15) is 0 Å². The SMILES string of the molecule is CC(=O)Nc1cc(C(Cl)CCC(=O)O)ccc1-c1ccccc1. The smallest absolute Gasteiger partial charge is 0.303 e. The predicted octanol–water partition coefficient (Wildman–Crippen LogP) is 4.46. The van der Waals surface area contributed by atoms with Gasteiger partial charge in [0, 0.05) is 24.6 Å². The topological polar surface area (TPSA) is 66.4 Å². The normalized spacial score (nSPS) is 11.7. The van der Waals surface area contributed by atoms with Crippen LogP contribution < -0.4 is 5.32 Å². The molecule has 1 amide bonds. The molecular weight excluding hydrogens is 314 g/mol. The molecule has 5 heteroatoms. The average molecular weight is 332 g/mol. The van der Waals surface area contributed by atoms with Crippen molar-refractivity contribution in [3.05, 3.63) is 54.1 Å². The summed E-state index contributed by atoms with van der Waals surface area (Å²) in [6.45, 7) is 1.45. The lowest BCUT2D eigenvalue weighted by molar-refractivity contribution is -0.137. The molecule has 2 aromatic carbocycles. The molecule has 0 bridgehead atoms. The Bertz CT molecular complexity index is 701. The fourth-order valence-electron chi connectivity index (χ4n) is 2.34. The summed E-state index contributed by atoms with van der Waals surface area (Å²) in [6.07, 6.45) is 0.338. The second-order valence-electron chi connectivity index (χ2n) is 5.25. The highest BCUT2D eigenvalue weighted by molar-refractivity contribution is 6.21. The standard InChI is InChI=1S/C18H18ClNO3/c1-12(21)20-17-11-14(16(19)9-10-18(22)23)7-8-15(17)13-5-3-2-4-6-13/h2-8,11,16H,9-10H2,1H3,(H,20,21)(H,22,23). The number of hydrogen-bond donors (Lipinski definition) is 2. The van der Waals surface area contributed by atoms with Crippen LogP contribution in [0.3, 0.4) is 0 Å². The van der Waals surface area contributed by atoms with E-state index in [1.807, 2.05) is 48.5 Å². The van der Waals surface area contributed by atoms with Crippen LogP contribution in [0.2, 0.25) is 0 Å². The maximum Gasteiger partial charge on any atom is 0.303 e. The van der Waals surface area contributed by atoms with Gasteiger partial charge < -0.3 is 10.4 Å². The van der Waals surface area contributed by atoms with E-state index in [1.54, 1.807) is 0 Å². The summed E-state index contributed by atoms with van der Waals surface area (Å²) in [5, 5.41) is 11.2. The number of amides is 1. The lowest BCUT2D eigenvalue weighted by atomic mass is 9.99. The number of carboxylic acids is 1. The van der Waals surface area contributed by atoms with Crippen LogP contribution in [-0.4, -0.2) is 17.0 Å². The number of carbonyl (C=O) groups excluding carboxylic acids is 1. The largest absolute Gasteiger partial charge is 0.481 e. The Morgan fingerprint density at radius 1 is 1.17 bits per heavy atom. The van der Waals surface area contributed by atoms with E-state index < -0.39 is 11.3 Å². The summed E-state index contributed by atoms with van der Waals surface area (Å²) in [5.41, 5.74) is 3.34. The van der Waals surface area contributed by atoms with Crippen molar-refractivity contribution >= 4 is 29.2 Å². The monoisotopic (exact) mass is 331 g/mol. The molecule has 0 fully saturated rings. The molecule has 0 saturated carbocycles. The summed E-state index contributed by atoms with van der Waals surface area (Å²) in [5.74, 6) is -1.05. The van der Waals surface area contributed by atoms with Gasteiger partial charge in [-0.1, -0.05) is 42.5 Å². The number of carbonyl (C=O) groups is 2. The minimum atomic E-state index is -0.876. The molecule has 0 aliphatic heterocycles. The Kier molecular flexibility index (Phi) is 5.77. The van der Waals surface area contributed by atoms with E-state index in [-0.39, 0.29) is 12.3 Å². The van der Waals surface area contributed by atoms with E-state index in [4.69, 9.17) is 16.7 Å². The van der Waals surface area contributed by atoms with Crippen molar-refractivity contribution in [2.24, 2.45) is 0 Å². The second kappa shape index (κ2) is 7.79. The van der Waals surface area contributed by atoms with Gasteiger partial charge in [-0.25, -0.2) is 0 Å². The molecule has 0 saturated heterocycles. The fourth-order valence-corrected chi connectivity index (χ4v) is 2.58. The minimum Gasteiger partial charge on any atom is -0.481 e. The Balaban J connectivity index is 2.34. The Hall–Kier alpha value is -2.33. The molecule has 0 radical (unpaired) electrons. The summed E-state index contributed by atoms with van der Waals surface area (Å²) in [4.78, 5) is 22.1. The van der Waals surface area contributed by atoms with Crippen LogP contribution in [0.25, 0.3) is 11.1 Å². The first kappa shape index (κ1) is 17.0. The third-order valence-electron chi connectivity index (χ3n) is 3.41. The van der Waals surface area contributed by atoms with Crippen molar-refractivity contribution in [3.63, 3.8) is 0 Å². The summed E-state index contributed by atoms with van der Waals surface area (Å²) in [6, 6.07) is 15.3. The van der Waals surface area contributed by atoms with E-state index >= 15 is 0 Å². The van der Waals surface area contributed by atoms with Crippen molar-refractivity contribution in [3.8, 4) is 11.1 Å². The molecule has 0 aliphatic rings. The van der Waals surface area contributed by atoms with Gasteiger partial charge in [0.05, 0.1) is 5.38 Å². The number of halogens is 1. The molecule has 0 aliphatic carbocycles. The van der Waals surface area contributed by atoms with Crippen molar-refractivity contribution < 1.29 is 14.7 Å². The van der Waals surface area contributed by atoms with Crippen LogP contribution in [0.1, 0.15) is 30.7 Å². The van der Waals surface area contributed by atoms with E-state index in [0.717, 1.165) is 16.7 Å². The predicted molar refractivity (Wildman–Crippen MR) is 91.6 cm³/mol. The third-order valence-corrected chi connectivity index (χ3v) is 3.88. The summed E-state index contributed by atoms with van der Waals surface area (Å²) >= 11 is 6.28. The Morgan fingerprint density at radius 3 is 2.48 bits per heavy atom. The molecule has 4 nitrogen and oxygen atoms in total. The molecule has 0 spiro atoms. The molecule has 2 aromatic rings. The van der Waals surface area contributed by atoms with Gasteiger partial charge in [0.2, 0.25) is 5.91 Å². The van der Waals surface area contributed by atoms with Crippen molar-refractivity contribution in [2.45, 2.75) is 25.1 Å². The number of anilines is 1. The second-order valence-corrected chi connectivity index (χ2v) is 5.78. The lowest BCUT2D eigenvalue weighted by Gasteiger charge is -2.15. The zero-order valence-electron chi connectivity index (χ0n) is 12.8. The highest BCUT2D eigenvalue weighted by atomic mass is 35.5. The quantitative estimate of drug-likeness (QED) is 0.768. The summed E-state index contributed by atoms with van der Waals surface area (Å²) in [7, 11) is 0. The Morgan fingerprint density at radius 2 is 1.87 bits per heavy atom. The molecule has 0 aromatic heterocycles. The van der Waals surface area contributed by atoms with Crippen molar-refractivity contribution in [1.82, 2.24) is 0 Å². The maximum atomic E-state index is 11.5. The number of rotatable bonds is 6. The van der Waals surface area contributed by atoms with E-state index in [0.29, 0.717) is 12.1 Å². The van der Waals surface area contributed by atoms with Crippen molar-refractivity contribution in [2.75, 3.05) is 5.32 Å². The van der Waals surface area contributed by atoms with Crippen LogP contribution >= 0.6 is 11.6 Å². The molecule has 1 unspecified atom stereocenters. The number of benzene rings is 2. The van der Waals surface area contributed by atoms with Crippen LogP contribution in [0.5, 0.6) is 0 Å². The molecule has 1 atom stereocenters. The molecule has 2 N–H and O–H groups in total. The van der Waals surface area contributed by atoms with Crippen LogP contribution in [0.15, 0.2) is 48.5 Å². The molecule has 2 rings (SSSR count). The lowest BCUT2D eigenvalue weighted by Crippen LogP contribution is -2.08. The molecule has 23 heavy (non-hydrogen) atoms. The highest BCUT2D eigenvalue weighted by Gasteiger charge is 2.14. The Labute approximate surface area is 140 Å². The van der Waals surface area contributed by atoms with Gasteiger partial charge in [-0.3, -0.25) is 9.59 Å². The van der Waals surface area contributed by atoms with E-state index in [1.165, 1.54) is 6.92 Å². The van der Waals surface area contributed by atoms with Gasteiger partial charge in [0.25, 0.3) is 0 Å². The minimum absolute atomic E-state index is 0.00404.